The van der Waals surface area contributed by atoms with Crippen molar-refractivity contribution in [3.8, 4) is 11.5 Å². The zero-order valence-electron chi connectivity index (χ0n) is 12.3. The Morgan fingerprint density at radius 1 is 1.35 bits per heavy atom. The van der Waals surface area contributed by atoms with E-state index in [0.29, 0.717) is 28.7 Å². The Morgan fingerprint density at radius 3 is 2.70 bits per heavy atom. The van der Waals surface area contributed by atoms with Crippen molar-refractivity contribution >= 4 is 11.6 Å². The highest BCUT2D eigenvalue weighted by atomic mass is 16.5. The number of benzene rings is 1. The van der Waals surface area contributed by atoms with Crippen LogP contribution < -0.4 is 15.2 Å². The molecule has 1 heterocycles. The predicted octanol–water partition coefficient (Wildman–Crippen LogP) is 2.16. The van der Waals surface area contributed by atoms with Gasteiger partial charge in [-0.1, -0.05) is 6.92 Å². The molecule has 1 aromatic rings. The molecular formula is C15H22N2O3. The summed E-state index contributed by atoms with van der Waals surface area (Å²) in [5.41, 5.74) is 6.81. The van der Waals surface area contributed by atoms with Crippen molar-refractivity contribution in [2.24, 2.45) is 5.92 Å². The van der Waals surface area contributed by atoms with Gasteiger partial charge in [0.25, 0.3) is 5.91 Å². The Balaban J connectivity index is 2.35. The highest BCUT2D eigenvalue weighted by molar-refractivity contribution is 5.99. The summed E-state index contributed by atoms with van der Waals surface area (Å²) in [5, 5.41) is 0. The van der Waals surface area contributed by atoms with Crippen molar-refractivity contribution in [3.63, 3.8) is 0 Å². The molecule has 110 valence electrons. The lowest BCUT2D eigenvalue weighted by Gasteiger charge is -2.31. The van der Waals surface area contributed by atoms with Crippen LogP contribution >= 0.6 is 0 Å². The Labute approximate surface area is 119 Å². The molecule has 0 radical (unpaired) electrons. The van der Waals surface area contributed by atoms with E-state index in [1.807, 2.05) is 4.90 Å². The van der Waals surface area contributed by atoms with Gasteiger partial charge in [0.1, 0.15) is 0 Å². The van der Waals surface area contributed by atoms with E-state index in [1.54, 1.807) is 12.1 Å². The Morgan fingerprint density at radius 2 is 2.10 bits per heavy atom. The van der Waals surface area contributed by atoms with Gasteiger partial charge in [-0.25, -0.2) is 0 Å². The summed E-state index contributed by atoms with van der Waals surface area (Å²) in [5.74, 6) is 1.42. The van der Waals surface area contributed by atoms with Crippen LogP contribution in [0.25, 0.3) is 0 Å². The van der Waals surface area contributed by atoms with Crippen LogP contribution in [0.3, 0.4) is 0 Å². The van der Waals surface area contributed by atoms with Crippen molar-refractivity contribution in [1.29, 1.82) is 0 Å². The lowest BCUT2D eigenvalue weighted by Crippen LogP contribution is -2.39. The summed E-state index contributed by atoms with van der Waals surface area (Å²) >= 11 is 0. The summed E-state index contributed by atoms with van der Waals surface area (Å²) in [7, 11) is 3.07. The number of carbonyl (C=O) groups excluding carboxylic acids is 1. The molecule has 0 spiro atoms. The smallest absolute Gasteiger partial charge is 0.257 e. The van der Waals surface area contributed by atoms with Crippen molar-refractivity contribution in [1.82, 2.24) is 4.90 Å². The summed E-state index contributed by atoms with van der Waals surface area (Å²) in [6.07, 6.45) is 2.20. The quantitative estimate of drug-likeness (QED) is 0.860. The molecule has 1 atom stereocenters. The molecule has 1 unspecified atom stereocenters. The average molecular weight is 278 g/mol. The number of nitrogens with two attached hydrogens (primary N) is 1. The molecule has 0 aromatic heterocycles. The predicted molar refractivity (Wildman–Crippen MR) is 78.3 cm³/mol. The van der Waals surface area contributed by atoms with Gasteiger partial charge >= 0.3 is 0 Å². The number of likely N-dealkylation sites (tertiary alicyclic amines) is 1. The maximum Gasteiger partial charge on any atom is 0.257 e. The van der Waals surface area contributed by atoms with Gasteiger partial charge in [0, 0.05) is 24.8 Å². The minimum atomic E-state index is -0.0426. The average Bonchev–Trinajstić information content (AvgIpc) is 2.45. The number of carbonyl (C=O) groups is 1. The molecule has 20 heavy (non-hydrogen) atoms. The molecule has 0 bridgehead atoms. The number of hydrogen-bond acceptors (Lipinski definition) is 4. The largest absolute Gasteiger partial charge is 0.493 e. The minimum absolute atomic E-state index is 0.0426. The van der Waals surface area contributed by atoms with Crippen LogP contribution in [0.5, 0.6) is 11.5 Å². The molecule has 1 aliphatic heterocycles. The van der Waals surface area contributed by atoms with Gasteiger partial charge in [-0.3, -0.25) is 4.79 Å². The first-order chi connectivity index (χ1) is 9.56. The van der Waals surface area contributed by atoms with Gasteiger partial charge in [0.05, 0.1) is 19.8 Å². The number of rotatable bonds is 3. The van der Waals surface area contributed by atoms with Gasteiger partial charge in [-0.2, -0.15) is 0 Å². The van der Waals surface area contributed by atoms with Crippen LogP contribution in [0.2, 0.25) is 0 Å². The number of ether oxygens (including phenoxy) is 2. The first kappa shape index (κ1) is 14.5. The van der Waals surface area contributed by atoms with E-state index < -0.39 is 0 Å². The van der Waals surface area contributed by atoms with Crippen molar-refractivity contribution in [2.45, 2.75) is 19.8 Å². The van der Waals surface area contributed by atoms with Gasteiger partial charge in [-0.05, 0) is 24.8 Å². The number of hydrogen-bond donors (Lipinski definition) is 1. The van der Waals surface area contributed by atoms with Crippen LogP contribution in [-0.4, -0.2) is 38.1 Å². The molecule has 0 saturated carbocycles. The highest BCUT2D eigenvalue weighted by Crippen LogP contribution is 2.35. The molecule has 5 nitrogen and oxygen atoms in total. The summed E-state index contributed by atoms with van der Waals surface area (Å²) in [6.45, 7) is 3.72. The van der Waals surface area contributed by atoms with E-state index in [4.69, 9.17) is 15.2 Å². The number of nitrogens with zero attached hydrogens (tertiary/aromatic N) is 1. The topological polar surface area (TPSA) is 64.8 Å². The fourth-order valence-electron chi connectivity index (χ4n) is 2.69. The number of methoxy groups -OCH3 is 2. The van der Waals surface area contributed by atoms with Crippen molar-refractivity contribution < 1.29 is 14.3 Å². The standard InChI is InChI=1S/C15H22N2O3/c1-10-5-4-6-17(9-10)15(18)12-7-11(16)8-13(19-2)14(12)20-3/h7-8,10H,4-6,9,16H2,1-3H3. The first-order valence-corrected chi connectivity index (χ1v) is 6.87. The molecule has 2 rings (SSSR count). The fraction of sp³-hybridized carbons (Fsp3) is 0.533. The Kier molecular flexibility index (Phi) is 4.37. The molecule has 1 aliphatic rings. The second-order valence-electron chi connectivity index (χ2n) is 5.30. The molecule has 1 aromatic carbocycles. The summed E-state index contributed by atoms with van der Waals surface area (Å²) in [4.78, 5) is 14.5. The molecule has 1 amide bonds. The second kappa shape index (κ2) is 6.03. The first-order valence-electron chi connectivity index (χ1n) is 6.87. The van der Waals surface area contributed by atoms with E-state index in [2.05, 4.69) is 6.92 Å². The highest BCUT2D eigenvalue weighted by Gasteiger charge is 2.26. The molecular weight excluding hydrogens is 256 g/mol. The van der Waals surface area contributed by atoms with Crippen LogP contribution in [0.15, 0.2) is 12.1 Å². The maximum atomic E-state index is 12.7. The van der Waals surface area contributed by atoms with E-state index in [-0.39, 0.29) is 5.91 Å². The summed E-state index contributed by atoms with van der Waals surface area (Å²) in [6, 6.07) is 3.32. The second-order valence-corrected chi connectivity index (χ2v) is 5.30. The van der Waals surface area contributed by atoms with E-state index >= 15 is 0 Å². The van der Waals surface area contributed by atoms with Gasteiger partial charge < -0.3 is 20.1 Å². The van der Waals surface area contributed by atoms with Gasteiger partial charge in [0.15, 0.2) is 11.5 Å². The number of nitrogen functional groups attached to an aromatic ring is 1. The normalized spacial score (nSPS) is 18.8. The number of piperidine rings is 1. The Bertz CT molecular complexity index is 502. The maximum absolute atomic E-state index is 12.7. The molecule has 1 saturated heterocycles. The molecule has 2 N–H and O–H groups in total. The lowest BCUT2D eigenvalue weighted by atomic mass is 9.99. The monoisotopic (exact) mass is 278 g/mol. The third kappa shape index (κ3) is 2.81. The van der Waals surface area contributed by atoms with Gasteiger partial charge in [-0.15, -0.1) is 0 Å². The van der Waals surface area contributed by atoms with Crippen LogP contribution in [-0.2, 0) is 0 Å². The van der Waals surface area contributed by atoms with Crippen molar-refractivity contribution in [3.05, 3.63) is 17.7 Å². The number of amides is 1. The van der Waals surface area contributed by atoms with Crippen LogP contribution in [0.1, 0.15) is 30.1 Å². The SMILES string of the molecule is COc1cc(N)cc(C(=O)N2CCCC(C)C2)c1OC. The molecule has 5 heteroatoms. The molecule has 1 fully saturated rings. The van der Waals surface area contributed by atoms with E-state index in [9.17, 15) is 4.79 Å². The fourth-order valence-corrected chi connectivity index (χ4v) is 2.69. The zero-order valence-corrected chi connectivity index (χ0v) is 12.3. The third-order valence-electron chi connectivity index (χ3n) is 3.68. The van der Waals surface area contributed by atoms with Crippen molar-refractivity contribution in [2.75, 3.05) is 33.0 Å². The summed E-state index contributed by atoms with van der Waals surface area (Å²) < 4.78 is 10.6. The Hall–Kier alpha value is -1.91. The number of anilines is 1. The minimum Gasteiger partial charge on any atom is -0.493 e. The van der Waals surface area contributed by atoms with Gasteiger partial charge in [0.2, 0.25) is 0 Å². The third-order valence-corrected chi connectivity index (χ3v) is 3.68. The zero-order chi connectivity index (χ0) is 14.7. The molecule has 0 aliphatic carbocycles. The van der Waals surface area contributed by atoms with Crippen LogP contribution in [0.4, 0.5) is 5.69 Å². The lowest BCUT2D eigenvalue weighted by molar-refractivity contribution is 0.0679. The van der Waals surface area contributed by atoms with E-state index in [1.165, 1.54) is 20.6 Å². The van der Waals surface area contributed by atoms with E-state index in [0.717, 1.165) is 19.5 Å². The van der Waals surface area contributed by atoms with Crippen LogP contribution in [0, 0.1) is 5.92 Å².